The first kappa shape index (κ1) is 14.0. The number of amides is 1. The van der Waals surface area contributed by atoms with Crippen molar-refractivity contribution in [1.82, 2.24) is 4.90 Å². The molecule has 1 heterocycles. The third-order valence-electron chi connectivity index (χ3n) is 4.10. The molecule has 20 heavy (non-hydrogen) atoms. The van der Waals surface area contributed by atoms with Crippen LogP contribution in [0.5, 0.6) is 0 Å². The molecular formula is C15H17BrFNO2. The highest BCUT2D eigenvalue weighted by Gasteiger charge is 2.37. The summed E-state index contributed by atoms with van der Waals surface area (Å²) in [5.74, 6) is -0.485. The monoisotopic (exact) mass is 341 g/mol. The van der Waals surface area contributed by atoms with Crippen LogP contribution in [-0.4, -0.2) is 36.1 Å². The van der Waals surface area contributed by atoms with Gasteiger partial charge in [0, 0.05) is 16.6 Å². The van der Waals surface area contributed by atoms with E-state index in [1.165, 1.54) is 12.1 Å². The van der Waals surface area contributed by atoms with Crippen LogP contribution in [0, 0.1) is 5.82 Å². The quantitative estimate of drug-likeness (QED) is 0.783. The maximum atomic E-state index is 13.5. The maximum Gasteiger partial charge on any atom is 0.254 e. The summed E-state index contributed by atoms with van der Waals surface area (Å²) >= 11 is 3.24. The summed E-state index contributed by atoms with van der Waals surface area (Å²) in [5, 5.41) is 0. The van der Waals surface area contributed by atoms with Gasteiger partial charge in [0.2, 0.25) is 0 Å². The number of rotatable bonds is 1. The number of carbonyl (C=O) groups is 1. The molecule has 3 nitrogen and oxygen atoms in total. The number of fused-ring (bicyclic) bond motifs is 1. The number of halogens is 2. The van der Waals surface area contributed by atoms with E-state index in [1.807, 2.05) is 4.90 Å². The number of nitrogens with zero attached hydrogens (tertiary/aromatic N) is 1. The topological polar surface area (TPSA) is 29.5 Å². The Balaban J connectivity index is 1.84. The highest BCUT2D eigenvalue weighted by Crippen LogP contribution is 2.29. The van der Waals surface area contributed by atoms with Gasteiger partial charge in [0.05, 0.1) is 18.8 Å². The predicted octanol–water partition coefficient (Wildman–Crippen LogP) is 3.37. The van der Waals surface area contributed by atoms with Crippen LogP contribution in [0.1, 0.15) is 36.0 Å². The first-order valence-corrected chi connectivity index (χ1v) is 7.83. The van der Waals surface area contributed by atoms with Gasteiger partial charge in [-0.1, -0.05) is 28.8 Å². The Kier molecular flexibility index (Phi) is 4.08. The molecule has 1 aromatic rings. The van der Waals surface area contributed by atoms with Gasteiger partial charge in [0.25, 0.3) is 5.91 Å². The molecule has 0 spiro atoms. The van der Waals surface area contributed by atoms with Crippen molar-refractivity contribution in [2.75, 3.05) is 13.2 Å². The van der Waals surface area contributed by atoms with Crippen LogP contribution in [0.15, 0.2) is 22.7 Å². The van der Waals surface area contributed by atoms with E-state index in [9.17, 15) is 9.18 Å². The van der Waals surface area contributed by atoms with Gasteiger partial charge in [-0.15, -0.1) is 0 Å². The number of ether oxygens (including phenoxy) is 1. The van der Waals surface area contributed by atoms with Crippen molar-refractivity contribution < 1.29 is 13.9 Å². The molecule has 1 aliphatic carbocycles. The molecule has 1 amide bonds. The lowest BCUT2D eigenvalue weighted by Crippen LogP contribution is -2.54. The van der Waals surface area contributed by atoms with E-state index in [0.29, 0.717) is 23.2 Å². The van der Waals surface area contributed by atoms with E-state index < -0.39 is 5.82 Å². The average molecular weight is 342 g/mol. The molecule has 1 aliphatic heterocycles. The normalized spacial score (nSPS) is 26.2. The van der Waals surface area contributed by atoms with E-state index in [-0.39, 0.29) is 18.1 Å². The first-order valence-electron chi connectivity index (χ1n) is 7.04. The molecule has 1 saturated heterocycles. The molecule has 0 N–H and O–H groups in total. The minimum atomic E-state index is -0.392. The van der Waals surface area contributed by atoms with Crippen molar-refractivity contribution >= 4 is 21.8 Å². The largest absolute Gasteiger partial charge is 0.374 e. The average Bonchev–Trinajstić information content (AvgIpc) is 2.45. The molecule has 3 rings (SSSR count). The van der Waals surface area contributed by atoms with Gasteiger partial charge in [0.1, 0.15) is 5.82 Å². The number of morpholine rings is 1. The van der Waals surface area contributed by atoms with E-state index >= 15 is 0 Å². The van der Waals surface area contributed by atoms with Crippen molar-refractivity contribution in [2.45, 2.75) is 37.8 Å². The van der Waals surface area contributed by atoms with Crippen molar-refractivity contribution in [3.05, 3.63) is 34.1 Å². The summed E-state index contributed by atoms with van der Waals surface area (Å²) in [5.41, 5.74) is 0.406. The zero-order chi connectivity index (χ0) is 14.1. The fraction of sp³-hybridized carbons (Fsp3) is 0.533. The van der Waals surface area contributed by atoms with Crippen LogP contribution in [0.2, 0.25) is 0 Å². The standard InChI is InChI=1S/C15H17BrFNO2/c16-11-7-10(8-12(17)9-11)15(19)18-5-6-20-14-4-2-1-3-13(14)18/h7-9,13-14H,1-6H2. The molecule has 0 aromatic heterocycles. The number of hydrogen-bond acceptors (Lipinski definition) is 2. The minimum Gasteiger partial charge on any atom is -0.374 e. The lowest BCUT2D eigenvalue weighted by atomic mass is 9.89. The third-order valence-corrected chi connectivity index (χ3v) is 4.56. The SMILES string of the molecule is O=C(c1cc(F)cc(Br)c1)N1CCOC2CCCCC21. The van der Waals surface area contributed by atoms with Gasteiger partial charge in [-0.3, -0.25) is 4.79 Å². The van der Waals surface area contributed by atoms with Crippen molar-refractivity contribution in [3.63, 3.8) is 0 Å². The van der Waals surface area contributed by atoms with Gasteiger partial charge >= 0.3 is 0 Å². The molecule has 2 aliphatic rings. The van der Waals surface area contributed by atoms with Crippen molar-refractivity contribution in [2.24, 2.45) is 0 Å². The first-order chi connectivity index (χ1) is 9.65. The Morgan fingerprint density at radius 1 is 1.30 bits per heavy atom. The summed E-state index contributed by atoms with van der Waals surface area (Å²) in [6, 6.07) is 4.49. The Bertz CT molecular complexity index is 500. The maximum absolute atomic E-state index is 13.5. The highest BCUT2D eigenvalue weighted by atomic mass is 79.9. The molecule has 0 radical (unpaired) electrons. The Labute approximate surface area is 126 Å². The van der Waals surface area contributed by atoms with Gasteiger partial charge in [0.15, 0.2) is 0 Å². The minimum absolute atomic E-state index is 0.0922. The molecule has 5 heteroatoms. The summed E-state index contributed by atoms with van der Waals surface area (Å²) < 4.78 is 19.8. The molecule has 2 atom stereocenters. The van der Waals surface area contributed by atoms with Gasteiger partial charge in [-0.2, -0.15) is 0 Å². The highest BCUT2D eigenvalue weighted by molar-refractivity contribution is 9.10. The van der Waals surface area contributed by atoms with Gasteiger partial charge < -0.3 is 9.64 Å². The van der Waals surface area contributed by atoms with E-state index in [2.05, 4.69) is 15.9 Å². The zero-order valence-electron chi connectivity index (χ0n) is 11.1. The molecule has 1 aromatic carbocycles. The second-order valence-corrected chi connectivity index (χ2v) is 6.33. The van der Waals surface area contributed by atoms with E-state index in [4.69, 9.17) is 4.74 Å². The van der Waals surface area contributed by atoms with Crippen molar-refractivity contribution in [1.29, 1.82) is 0 Å². The van der Waals surface area contributed by atoms with Crippen LogP contribution < -0.4 is 0 Å². The van der Waals surface area contributed by atoms with E-state index in [1.54, 1.807) is 6.07 Å². The Morgan fingerprint density at radius 2 is 2.10 bits per heavy atom. The molecule has 1 saturated carbocycles. The summed E-state index contributed by atoms with van der Waals surface area (Å²) in [6.07, 6.45) is 4.43. The lowest BCUT2D eigenvalue weighted by Gasteiger charge is -2.43. The van der Waals surface area contributed by atoms with Gasteiger partial charge in [-0.05, 0) is 31.0 Å². The lowest BCUT2D eigenvalue weighted by molar-refractivity contribution is -0.0752. The summed E-state index contributed by atoms with van der Waals surface area (Å²) in [6.45, 7) is 1.16. The zero-order valence-corrected chi connectivity index (χ0v) is 12.7. The number of benzene rings is 1. The molecular weight excluding hydrogens is 325 g/mol. The molecule has 0 bridgehead atoms. The second-order valence-electron chi connectivity index (χ2n) is 5.42. The smallest absolute Gasteiger partial charge is 0.254 e. The Morgan fingerprint density at radius 3 is 2.90 bits per heavy atom. The fourth-order valence-electron chi connectivity index (χ4n) is 3.19. The van der Waals surface area contributed by atoms with E-state index in [0.717, 1.165) is 25.7 Å². The fourth-order valence-corrected chi connectivity index (χ4v) is 3.66. The number of hydrogen-bond donors (Lipinski definition) is 0. The van der Waals surface area contributed by atoms with Crippen molar-refractivity contribution in [3.8, 4) is 0 Å². The third kappa shape index (κ3) is 2.74. The molecule has 108 valence electrons. The van der Waals surface area contributed by atoms with Crippen LogP contribution in [0.25, 0.3) is 0 Å². The van der Waals surface area contributed by atoms with Gasteiger partial charge in [-0.25, -0.2) is 4.39 Å². The molecule has 2 unspecified atom stereocenters. The summed E-state index contributed by atoms with van der Waals surface area (Å²) in [7, 11) is 0. The van der Waals surface area contributed by atoms with Crippen LogP contribution in [0.4, 0.5) is 4.39 Å². The Hall–Kier alpha value is -0.940. The number of carbonyl (C=O) groups excluding carboxylic acids is 1. The van der Waals surface area contributed by atoms with Crippen LogP contribution >= 0.6 is 15.9 Å². The summed E-state index contributed by atoms with van der Waals surface area (Å²) in [4.78, 5) is 14.5. The van der Waals surface area contributed by atoms with Crippen LogP contribution in [-0.2, 0) is 4.74 Å². The molecule has 2 fully saturated rings. The second kappa shape index (κ2) is 5.82. The predicted molar refractivity (Wildman–Crippen MR) is 77.1 cm³/mol. The van der Waals surface area contributed by atoms with Crippen LogP contribution in [0.3, 0.4) is 0 Å².